The standard InChI is InChI=1S/C54H106N2O6/c1-8-12-16-20-23-31-40-50(39-30-19-15-11-4)52(58)61-48-35-27-22-25-33-45-56(46-36-43-55-53(59)62-54(5,6)7)44-32-24-21-26-34-47-60-51(57)42-41-49(37-28-17-13-9-2)38-29-18-14-10-3/h49-50H,8-48H2,1-7H3,(H,55,59). The lowest BCUT2D eigenvalue weighted by Crippen LogP contribution is -2.35. The van der Waals surface area contributed by atoms with Gasteiger partial charge in [0.1, 0.15) is 5.60 Å². The number of nitrogens with zero attached hydrogens (tertiary/aromatic N) is 1. The van der Waals surface area contributed by atoms with Crippen molar-refractivity contribution in [3.05, 3.63) is 0 Å². The Labute approximate surface area is 385 Å². The van der Waals surface area contributed by atoms with Crippen LogP contribution in [0, 0.1) is 11.8 Å². The number of carbonyl (C=O) groups excluding carboxylic acids is 3. The average molecular weight is 879 g/mol. The first-order valence-electron chi connectivity index (χ1n) is 27.1. The lowest BCUT2D eigenvalue weighted by molar-refractivity contribution is -0.149. The molecule has 62 heavy (non-hydrogen) atoms. The summed E-state index contributed by atoms with van der Waals surface area (Å²) in [6.07, 6.45) is 40.5. The lowest BCUT2D eigenvalue weighted by Gasteiger charge is -2.23. The molecule has 1 amide bonds. The number of amides is 1. The van der Waals surface area contributed by atoms with E-state index in [2.05, 4.69) is 37.9 Å². The molecule has 1 N–H and O–H groups in total. The second kappa shape index (κ2) is 44.4. The van der Waals surface area contributed by atoms with Gasteiger partial charge in [0.15, 0.2) is 0 Å². The van der Waals surface area contributed by atoms with Crippen LogP contribution in [0.2, 0.25) is 0 Å². The van der Waals surface area contributed by atoms with Gasteiger partial charge in [0.2, 0.25) is 0 Å². The quantitative estimate of drug-likeness (QED) is 0.0370. The Bertz CT molecular complexity index is 988. The number of carbonyl (C=O) groups is 3. The number of rotatable bonds is 46. The number of esters is 2. The summed E-state index contributed by atoms with van der Waals surface area (Å²) >= 11 is 0. The molecule has 0 aromatic rings. The lowest BCUT2D eigenvalue weighted by atomic mass is 9.90. The minimum atomic E-state index is -0.493. The van der Waals surface area contributed by atoms with Crippen molar-refractivity contribution in [3.63, 3.8) is 0 Å². The smallest absolute Gasteiger partial charge is 0.407 e. The molecule has 368 valence electrons. The number of ether oxygens (including phenoxy) is 3. The van der Waals surface area contributed by atoms with E-state index >= 15 is 0 Å². The molecule has 0 aliphatic carbocycles. The fraction of sp³-hybridized carbons (Fsp3) is 0.944. The summed E-state index contributed by atoms with van der Waals surface area (Å²) < 4.78 is 16.9. The van der Waals surface area contributed by atoms with Crippen molar-refractivity contribution >= 4 is 18.0 Å². The van der Waals surface area contributed by atoms with Crippen LogP contribution >= 0.6 is 0 Å². The van der Waals surface area contributed by atoms with Crippen molar-refractivity contribution in [2.45, 2.75) is 279 Å². The maximum Gasteiger partial charge on any atom is 0.407 e. The average Bonchev–Trinajstić information content (AvgIpc) is 3.24. The number of alkyl carbamates (subject to hydrolysis) is 1. The Morgan fingerprint density at radius 1 is 0.468 bits per heavy atom. The van der Waals surface area contributed by atoms with E-state index in [0.29, 0.717) is 32.1 Å². The van der Waals surface area contributed by atoms with E-state index in [1.807, 2.05) is 20.8 Å². The van der Waals surface area contributed by atoms with Crippen LogP contribution in [-0.2, 0) is 23.8 Å². The Hall–Kier alpha value is -1.83. The molecular weight excluding hydrogens is 773 g/mol. The Morgan fingerprint density at radius 2 is 0.871 bits per heavy atom. The molecule has 1 atom stereocenters. The molecular formula is C54H106N2O6. The van der Waals surface area contributed by atoms with Crippen LogP contribution in [0.4, 0.5) is 4.79 Å². The van der Waals surface area contributed by atoms with Crippen molar-refractivity contribution in [1.82, 2.24) is 10.2 Å². The third-order valence-corrected chi connectivity index (χ3v) is 12.4. The van der Waals surface area contributed by atoms with Crippen LogP contribution in [0.1, 0.15) is 273 Å². The van der Waals surface area contributed by atoms with E-state index in [1.54, 1.807) is 0 Å². The number of hydrogen-bond acceptors (Lipinski definition) is 7. The maximum atomic E-state index is 13.0. The molecule has 0 heterocycles. The van der Waals surface area contributed by atoms with Crippen LogP contribution in [0.5, 0.6) is 0 Å². The molecule has 8 nitrogen and oxygen atoms in total. The minimum Gasteiger partial charge on any atom is -0.466 e. The first-order valence-corrected chi connectivity index (χ1v) is 27.1. The highest BCUT2D eigenvalue weighted by Crippen LogP contribution is 2.24. The summed E-state index contributed by atoms with van der Waals surface area (Å²) in [5.74, 6) is 0.789. The monoisotopic (exact) mass is 879 g/mol. The molecule has 0 aromatic carbocycles. The number of unbranched alkanes of at least 4 members (excludes halogenated alkanes) is 22. The summed E-state index contributed by atoms with van der Waals surface area (Å²) in [5.41, 5.74) is -0.493. The van der Waals surface area contributed by atoms with Crippen molar-refractivity contribution in [2.75, 3.05) is 39.4 Å². The first-order chi connectivity index (χ1) is 30.1. The van der Waals surface area contributed by atoms with Crippen molar-refractivity contribution in [1.29, 1.82) is 0 Å². The predicted octanol–water partition coefficient (Wildman–Crippen LogP) is 15.9. The second-order valence-electron chi connectivity index (χ2n) is 19.8. The van der Waals surface area contributed by atoms with Gasteiger partial charge in [-0.3, -0.25) is 9.59 Å². The second-order valence-corrected chi connectivity index (χ2v) is 19.8. The summed E-state index contributed by atoms with van der Waals surface area (Å²) in [6, 6.07) is 0. The maximum absolute atomic E-state index is 13.0. The Kier molecular flexibility index (Phi) is 43.1. The summed E-state index contributed by atoms with van der Waals surface area (Å²) in [6.45, 7) is 19.5. The van der Waals surface area contributed by atoms with Gasteiger partial charge in [-0.2, -0.15) is 0 Å². The third kappa shape index (κ3) is 42.1. The molecule has 0 radical (unpaired) electrons. The normalized spacial score (nSPS) is 12.3. The van der Waals surface area contributed by atoms with Crippen molar-refractivity contribution in [3.8, 4) is 0 Å². The van der Waals surface area contributed by atoms with Crippen LogP contribution in [0.25, 0.3) is 0 Å². The van der Waals surface area contributed by atoms with Crippen LogP contribution in [0.15, 0.2) is 0 Å². The number of nitrogens with one attached hydrogen (secondary N) is 1. The summed E-state index contributed by atoms with van der Waals surface area (Å²) in [7, 11) is 0. The fourth-order valence-corrected chi connectivity index (χ4v) is 8.47. The molecule has 0 saturated heterocycles. The first kappa shape index (κ1) is 60.2. The van der Waals surface area contributed by atoms with Gasteiger partial charge in [-0.15, -0.1) is 0 Å². The van der Waals surface area contributed by atoms with Gasteiger partial charge in [0, 0.05) is 13.0 Å². The van der Waals surface area contributed by atoms with Crippen LogP contribution in [-0.4, -0.2) is 67.9 Å². The molecule has 0 bridgehead atoms. The van der Waals surface area contributed by atoms with E-state index in [4.69, 9.17) is 14.2 Å². The van der Waals surface area contributed by atoms with Crippen LogP contribution < -0.4 is 5.32 Å². The largest absolute Gasteiger partial charge is 0.466 e. The van der Waals surface area contributed by atoms with Crippen molar-refractivity contribution in [2.24, 2.45) is 11.8 Å². The Balaban J connectivity index is 4.54. The molecule has 0 saturated carbocycles. The molecule has 1 unspecified atom stereocenters. The highest BCUT2D eigenvalue weighted by Gasteiger charge is 2.20. The minimum absolute atomic E-state index is 0.00641. The van der Waals surface area contributed by atoms with Gasteiger partial charge >= 0.3 is 18.0 Å². The van der Waals surface area contributed by atoms with Crippen LogP contribution in [0.3, 0.4) is 0 Å². The highest BCUT2D eigenvalue weighted by atomic mass is 16.6. The van der Waals surface area contributed by atoms with E-state index in [9.17, 15) is 14.4 Å². The van der Waals surface area contributed by atoms with Gasteiger partial charge in [-0.1, -0.05) is 195 Å². The van der Waals surface area contributed by atoms with Gasteiger partial charge in [0.25, 0.3) is 0 Å². The van der Waals surface area contributed by atoms with Gasteiger partial charge in [-0.05, 0) is 97.7 Å². The zero-order valence-electron chi connectivity index (χ0n) is 42.5. The molecule has 0 spiro atoms. The molecule has 0 fully saturated rings. The van der Waals surface area contributed by atoms with Crippen molar-refractivity contribution < 1.29 is 28.6 Å². The molecule has 0 rings (SSSR count). The highest BCUT2D eigenvalue weighted by molar-refractivity contribution is 5.72. The summed E-state index contributed by atoms with van der Waals surface area (Å²) in [4.78, 5) is 40.3. The van der Waals surface area contributed by atoms with Gasteiger partial charge in [-0.25, -0.2) is 4.79 Å². The predicted molar refractivity (Wildman–Crippen MR) is 264 cm³/mol. The molecule has 0 aliphatic heterocycles. The van der Waals surface area contributed by atoms with E-state index in [-0.39, 0.29) is 23.9 Å². The third-order valence-electron chi connectivity index (χ3n) is 12.4. The molecule has 8 heteroatoms. The SMILES string of the molecule is CCCCCCCCC(CCCCCC)C(=O)OCCCCCCCN(CCCCCCCOC(=O)CCC(CCCCCC)CCCCCC)CCCNC(=O)OC(C)(C)C. The topological polar surface area (TPSA) is 94.2 Å². The number of hydrogen-bond donors (Lipinski definition) is 1. The zero-order chi connectivity index (χ0) is 45.8. The Morgan fingerprint density at radius 3 is 1.37 bits per heavy atom. The van der Waals surface area contributed by atoms with E-state index in [1.165, 1.54) is 128 Å². The van der Waals surface area contributed by atoms with Gasteiger partial charge < -0.3 is 24.4 Å². The van der Waals surface area contributed by atoms with Gasteiger partial charge in [0.05, 0.1) is 19.1 Å². The zero-order valence-corrected chi connectivity index (χ0v) is 42.5. The fourth-order valence-electron chi connectivity index (χ4n) is 8.47. The van der Waals surface area contributed by atoms with E-state index in [0.717, 1.165) is 110 Å². The molecule has 0 aromatic heterocycles. The molecule has 0 aliphatic rings. The van der Waals surface area contributed by atoms with E-state index < -0.39 is 5.60 Å². The summed E-state index contributed by atoms with van der Waals surface area (Å²) in [5, 5.41) is 2.92.